The number of hydrogen-bond acceptors (Lipinski definition) is 4. The third kappa shape index (κ3) is 4.40. The van der Waals surface area contributed by atoms with Gasteiger partial charge in [-0.3, -0.25) is 9.59 Å². The van der Waals surface area contributed by atoms with E-state index in [9.17, 15) is 9.59 Å². The molecular formula is C18H25NO5. The summed E-state index contributed by atoms with van der Waals surface area (Å²) in [6, 6.07) is 5.65. The van der Waals surface area contributed by atoms with Crippen LogP contribution in [0.1, 0.15) is 31.7 Å². The monoisotopic (exact) mass is 335 g/mol. The van der Waals surface area contributed by atoms with E-state index in [0.29, 0.717) is 37.2 Å². The zero-order valence-corrected chi connectivity index (χ0v) is 14.4. The number of hydrogen-bond donors (Lipinski definition) is 2. The molecule has 2 N–H and O–H groups in total. The van der Waals surface area contributed by atoms with Gasteiger partial charge in [-0.15, -0.1) is 0 Å². The Bertz CT molecular complexity index is 601. The van der Waals surface area contributed by atoms with Crippen molar-refractivity contribution in [3.8, 4) is 11.5 Å². The highest BCUT2D eigenvalue weighted by atomic mass is 16.5. The van der Waals surface area contributed by atoms with Crippen molar-refractivity contribution in [1.29, 1.82) is 0 Å². The molecule has 1 unspecified atom stereocenters. The van der Waals surface area contributed by atoms with Crippen LogP contribution in [-0.2, 0) is 16.0 Å². The number of methoxy groups -OCH3 is 2. The summed E-state index contributed by atoms with van der Waals surface area (Å²) in [7, 11) is 3.18. The molecule has 132 valence electrons. The van der Waals surface area contributed by atoms with Crippen LogP contribution in [0.5, 0.6) is 11.5 Å². The topological polar surface area (TPSA) is 84.9 Å². The summed E-state index contributed by atoms with van der Waals surface area (Å²) in [4.78, 5) is 23.3. The predicted octanol–water partition coefficient (Wildman–Crippen LogP) is 2.25. The molecule has 0 radical (unpaired) electrons. The number of nitrogens with one attached hydrogen (secondary N) is 1. The number of carboxylic acids is 1. The molecule has 1 fully saturated rings. The van der Waals surface area contributed by atoms with Crippen LogP contribution in [0.4, 0.5) is 0 Å². The van der Waals surface area contributed by atoms with Gasteiger partial charge in [-0.1, -0.05) is 6.07 Å². The largest absolute Gasteiger partial charge is 0.493 e. The average Bonchev–Trinajstić information content (AvgIpc) is 3.05. The molecular weight excluding hydrogens is 310 g/mol. The molecule has 1 saturated carbocycles. The predicted molar refractivity (Wildman–Crippen MR) is 89.3 cm³/mol. The third-order valence-corrected chi connectivity index (χ3v) is 4.53. The van der Waals surface area contributed by atoms with Gasteiger partial charge >= 0.3 is 5.97 Å². The number of amides is 1. The van der Waals surface area contributed by atoms with E-state index < -0.39 is 5.97 Å². The first-order chi connectivity index (χ1) is 11.4. The first-order valence-electron chi connectivity index (χ1n) is 8.18. The van der Waals surface area contributed by atoms with Crippen LogP contribution in [0.25, 0.3) is 0 Å². The van der Waals surface area contributed by atoms with Crippen LogP contribution in [0, 0.1) is 11.8 Å². The normalized spacial score (nSPS) is 21.1. The number of carbonyl (C=O) groups is 2. The van der Waals surface area contributed by atoms with Crippen molar-refractivity contribution < 1.29 is 24.2 Å². The van der Waals surface area contributed by atoms with Gasteiger partial charge in [0.15, 0.2) is 11.5 Å². The lowest BCUT2D eigenvalue weighted by molar-refractivity contribution is -0.141. The lowest BCUT2D eigenvalue weighted by Gasteiger charge is -2.18. The summed E-state index contributed by atoms with van der Waals surface area (Å²) in [5.41, 5.74) is 1.04. The Morgan fingerprint density at radius 1 is 1.21 bits per heavy atom. The van der Waals surface area contributed by atoms with Crippen LogP contribution in [0.3, 0.4) is 0 Å². The fourth-order valence-electron chi connectivity index (χ4n) is 3.22. The number of rotatable bonds is 7. The van der Waals surface area contributed by atoms with E-state index in [4.69, 9.17) is 14.6 Å². The van der Waals surface area contributed by atoms with E-state index in [0.717, 1.165) is 5.56 Å². The van der Waals surface area contributed by atoms with E-state index in [1.165, 1.54) is 0 Å². The molecule has 1 aromatic rings. The highest BCUT2D eigenvalue weighted by Gasteiger charge is 2.34. The minimum atomic E-state index is -0.802. The van der Waals surface area contributed by atoms with Crippen LogP contribution >= 0.6 is 0 Å². The van der Waals surface area contributed by atoms with Crippen molar-refractivity contribution in [2.24, 2.45) is 11.8 Å². The molecule has 6 heteroatoms. The van der Waals surface area contributed by atoms with Crippen LogP contribution < -0.4 is 14.8 Å². The smallest absolute Gasteiger partial charge is 0.306 e. The van der Waals surface area contributed by atoms with Gasteiger partial charge in [-0.05, 0) is 50.3 Å². The number of carboxylic acid groups (broad SMARTS) is 1. The summed E-state index contributed by atoms with van der Waals surface area (Å²) < 4.78 is 10.5. The number of ether oxygens (including phenoxy) is 2. The molecule has 0 heterocycles. The maximum Gasteiger partial charge on any atom is 0.306 e. The molecule has 1 amide bonds. The fourth-order valence-corrected chi connectivity index (χ4v) is 3.22. The van der Waals surface area contributed by atoms with E-state index in [1.54, 1.807) is 14.2 Å². The van der Waals surface area contributed by atoms with Gasteiger partial charge in [0.25, 0.3) is 0 Å². The second kappa shape index (κ2) is 8.04. The quantitative estimate of drug-likeness (QED) is 0.798. The van der Waals surface area contributed by atoms with Gasteiger partial charge in [0.1, 0.15) is 0 Å². The number of benzene rings is 1. The molecule has 0 aliphatic heterocycles. The lowest BCUT2D eigenvalue weighted by atomic mass is 10.0. The Morgan fingerprint density at radius 2 is 1.88 bits per heavy atom. The van der Waals surface area contributed by atoms with E-state index >= 15 is 0 Å². The first kappa shape index (κ1) is 18.1. The Balaban J connectivity index is 1.90. The zero-order valence-electron chi connectivity index (χ0n) is 14.4. The van der Waals surface area contributed by atoms with E-state index in [-0.39, 0.29) is 23.8 Å². The average molecular weight is 335 g/mol. The molecule has 2 rings (SSSR count). The van der Waals surface area contributed by atoms with Crippen molar-refractivity contribution in [3.05, 3.63) is 23.8 Å². The molecule has 24 heavy (non-hydrogen) atoms. The minimum Gasteiger partial charge on any atom is -0.493 e. The van der Waals surface area contributed by atoms with Crippen molar-refractivity contribution in [3.63, 3.8) is 0 Å². The van der Waals surface area contributed by atoms with Crippen LogP contribution in [0.15, 0.2) is 18.2 Å². The first-order valence-corrected chi connectivity index (χ1v) is 8.18. The second-order valence-corrected chi connectivity index (χ2v) is 6.35. The SMILES string of the molecule is COc1ccc(CC(C)NC(=O)[C@@H]2CC[C@H](C(=O)O)C2)cc1OC. The van der Waals surface area contributed by atoms with Gasteiger partial charge < -0.3 is 19.9 Å². The van der Waals surface area contributed by atoms with Gasteiger partial charge in [-0.2, -0.15) is 0 Å². The summed E-state index contributed by atoms with van der Waals surface area (Å²) in [5.74, 6) is -0.103. The maximum absolute atomic E-state index is 12.3. The van der Waals surface area contributed by atoms with E-state index in [1.807, 2.05) is 25.1 Å². The van der Waals surface area contributed by atoms with Gasteiger partial charge in [0.2, 0.25) is 5.91 Å². The van der Waals surface area contributed by atoms with E-state index in [2.05, 4.69) is 5.32 Å². The standard InChI is InChI=1S/C18H25NO5/c1-11(8-12-4-7-15(23-2)16(9-12)24-3)19-17(20)13-5-6-14(10-13)18(21)22/h4,7,9,11,13-14H,5-6,8,10H2,1-3H3,(H,19,20)(H,21,22)/t11?,13-,14+/m1/s1. The maximum atomic E-state index is 12.3. The second-order valence-electron chi connectivity index (χ2n) is 6.35. The number of carbonyl (C=O) groups excluding carboxylic acids is 1. The third-order valence-electron chi connectivity index (χ3n) is 4.53. The molecule has 0 saturated heterocycles. The van der Waals surface area contributed by atoms with Crippen molar-refractivity contribution >= 4 is 11.9 Å². The molecule has 6 nitrogen and oxygen atoms in total. The van der Waals surface area contributed by atoms with Crippen molar-refractivity contribution in [1.82, 2.24) is 5.32 Å². The Hall–Kier alpha value is -2.24. The molecule has 0 aromatic heterocycles. The van der Waals surface area contributed by atoms with Gasteiger partial charge in [-0.25, -0.2) is 0 Å². The Kier molecular flexibility index (Phi) is 6.06. The van der Waals surface area contributed by atoms with Crippen LogP contribution in [0.2, 0.25) is 0 Å². The summed E-state index contributed by atoms with van der Waals surface area (Å²) in [6.07, 6.45) is 2.33. The molecule has 1 aromatic carbocycles. The highest BCUT2D eigenvalue weighted by molar-refractivity contribution is 5.81. The number of aliphatic carboxylic acids is 1. The Morgan fingerprint density at radius 3 is 2.46 bits per heavy atom. The molecule has 1 aliphatic rings. The summed E-state index contributed by atoms with van der Waals surface area (Å²) in [5, 5.41) is 12.0. The lowest BCUT2D eigenvalue weighted by Crippen LogP contribution is -2.37. The van der Waals surface area contributed by atoms with Crippen LogP contribution in [-0.4, -0.2) is 37.2 Å². The fraction of sp³-hybridized carbons (Fsp3) is 0.556. The minimum absolute atomic E-state index is 0.0421. The molecule has 0 bridgehead atoms. The van der Waals surface area contributed by atoms with Crippen molar-refractivity contribution in [2.75, 3.05) is 14.2 Å². The summed E-state index contributed by atoms with van der Waals surface area (Å²) >= 11 is 0. The zero-order chi connectivity index (χ0) is 17.7. The molecule has 3 atom stereocenters. The van der Waals surface area contributed by atoms with Gasteiger partial charge in [0.05, 0.1) is 20.1 Å². The molecule has 0 spiro atoms. The Labute approximate surface area is 142 Å². The van der Waals surface area contributed by atoms with Crippen molar-refractivity contribution in [2.45, 2.75) is 38.6 Å². The molecule has 1 aliphatic carbocycles. The highest BCUT2D eigenvalue weighted by Crippen LogP contribution is 2.31. The summed E-state index contributed by atoms with van der Waals surface area (Å²) in [6.45, 7) is 1.94. The van der Waals surface area contributed by atoms with Gasteiger partial charge in [0, 0.05) is 12.0 Å².